The van der Waals surface area contributed by atoms with Gasteiger partial charge in [-0.1, -0.05) is 24.3 Å². The summed E-state index contributed by atoms with van der Waals surface area (Å²) in [5.74, 6) is -0.336. The number of aliphatic carboxylic acids is 1. The predicted molar refractivity (Wildman–Crippen MR) is 104 cm³/mol. The van der Waals surface area contributed by atoms with E-state index >= 15 is 0 Å². The summed E-state index contributed by atoms with van der Waals surface area (Å²) >= 11 is 0. The topological polar surface area (TPSA) is 94.1 Å². The summed E-state index contributed by atoms with van der Waals surface area (Å²) in [6.45, 7) is 1.15. The average Bonchev–Trinajstić information content (AvgIpc) is 2.71. The summed E-state index contributed by atoms with van der Waals surface area (Å²) in [6, 6.07) is 13.4. The molecule has 2 aromatic rings. The van der Waals surface area contributed by atoms with Gasteiger partial charge in [0.05, 0.1) is 7.11 Å². The van der Waals surface area contributed by atoms with E-state index in [9.17, 15) is 14.7 Å². The zero-order chi connectivity index (χ0) is 20.4. The highest BCUT2D eigenvalue weighted by atomic mass is 16.5. The van der Waals surface area contributed by atoms with Crippen LogP contribution in [-0.2, 0) is 4.79 Å². The summed E-state index contributed by atoms with van der Waals surface area (Å²) in [6.07, 6.45) is 1.04. The number of hydrogen-bond donors (Lipinski definition) is 2. The van der Waals surface area contributed by atoms with Crippen molar-refractivity contribution in [2.75, 3.05) is 27.3 Å². The van der Waals surface area contributed by atoms with Crippen LogP contribution in [0.4, 0.5) is 0 Å². The van der Waals surface area contributed by atoms with Gasteiger partial charge >= 0.3 is 5.97 Å². The van der Waals surface area contributed by atoms with Gasteiger partial charge in [0, 0.05) is 12.1 Å². The molecule has 2 rings (SSSR count). The fourth-order valence-electron chi connectivity index (χ4n) is 2.31. The molecular weight excluding hydrogens is 362 g/mol. The van der Waals surface area contributed by atoms with Crippen molar-refractivity contribution >= 4 is 11.8 Å². The largest absolute Gasteiger partial charge is 0.493 e. The average molecular weight is 385 g/mol. The van der Waals surface area contributed by atoms with E-state index in [1.54, 1.807) is 48.5 Å². The molecule has 0 bridgehead atoms. The number of ether oxygens (including phenoxy) is 3. The smallest absolute Gasteiger partial charge is 0.349 e. The minimum absolute atomic E-state index is 0.273. The number of methoxy groups -OCH3 is 1. The van der Waals surface area contributed by atoms with Gasteiger partial charge in [-0.15, -0.1) is 0 Å². The first-order chi connectivity index (χ1) is 13.5. The molecule has 0 saturated carbocycles. The summed E-state index contributed by atoms with van der Waals surface area (Å²) in [5, 5.41) is 12.4. The van der Waals surface area contributed by atoms with Crippen molar-refractivity contribution in [3.8, 4) is 17.2 Å². The van der Waals surface area contributed by atoms with Crippen LogP contribution in [0.1, 0.15) is 10.4 Å². The normalized spacial score (nSPS) is 11.8. The molecule has 2 aromatic carbocycles. The van der Waals surface area contributed by atoms with Gasteiger partial charge in [0.15, 0.2) is 17.3 Å². The Labute approximate surface area is 163 Å². The van der Waals surface area contributed by atoms with Crippen LogP contribution >= 0.6 is 0 Å². The second kappa shape index (κ2) is 10.7. The molecule has 0 aromatic heterocycles. The van der Waals surface area contributed by atoms with Gasteiger partial charge < -0.3 is 24.6 Å². The van der Waals surface area contributed by atoms with Crippen molar-refractivity contribution in [3.05, 3.63) is 66.2 Å². The summed E-state index contributed by atoms with van der Waals surface area (Å²) in [5.41, 5.74) is 0.389. The molecule has 0 aliphatic carbocycles. The maximum absolute atomic E-state index is 12.4. The Balaban J connectivity index is 2.09. The van der Waals surface area contributed by atoms with Crippen molar-refractivity contribution in [2.24, 2.45) is 0 Å². The van der Waals surface area contributed by atoms with Crippen molar-refractivity contribution in [2.45, 2.75) is 6.10 Å². The second-order valence-electron chi connectivity index (χ2n) is 5.73. The van der Waals surface area contributed by atoms with Crippen molar-refractivity contribution in [3.63, 3.8) is 0 Å². The Kier molecular flexibility index (Phi) is 8.05. The summed E-state index contributed by atoms with van der Waals surface area (Å²) in [7, 11) is 3.28. The quantitative estimate of drug-likeness (QED) is 0.349. The van der Waals surface area contributed by atoms with Crippen molar-refractivity contribution in [1.29, 1.82) is 0 Å². The summed E-state index contributed by atoms with van der Waals surface area (Å²) in [4.78, 5) is 23.9. The van der Waals surface area contributed by atoms with E-state index < -0.39 is 12.1 Å². The Hall–Kier alpha value is -3.32. The number of carboxylic acid groups (broad SMARTS) is 1. The fraction of sp³-hybridized carbons (Fsp3) is 0.238. The van der Waals surface area contributed by atoms with E-state index in [0.717, 1.165) is 0 Å². The molecule has 0 heterocycles. The van der Waals surface area contributed by atoms with Crippen LogP contribution in [0, 0.1) is 0 Å². The third-order valence-electron chi connectivity index (χ3n) is 3.73. The molecule has 1 atom stereocenters. The number of para-hydroxylation sites is 2. The molecule has 1 unspecified atom stereocenters. The number of benzene rings is 2. The molecule has 0 fully saturated rings. The molecular formula is C21H23NO6. The van der Waals surface area contributed by atoms with Crippen LogP contribution in [0.2, 0.25) is 0 Å². The maximum Gasteiger partial charge on any atom is 0.349 e. The molecule has 2 N–H and O–H groups in total. The number of carbonyl (C=O) groups is 2. The second-order valence-corrected chi connectivity index (χ2v) is 5.73. The number of carboxylic acids is 1. The zero-order valence-electron chi connectivity index (χ0n) is 15.8. The Bertz CT molecular complexity index is 833. The number of hydrogen-bond acceptors (Lipinski definition) is 6. The molecule has 0 radical (unpaired) electrons. The van der Waals surface area contributed by atoms with Gasteiger partial charge in [0.25, 0.3) is 0 Å². The molecule has 7 heteroatoms. The number of likely N-dealkylation sites (N-methyl/N-ethyl adjacent to an activating group) is 1. The van der Waals surface area contributed by atoms with Gasteiger partial charge in [-0.2, -0.15) is 0 Å². The van der Waals surface area contributed by atoms with E-state index in [-0.39, 0.29) is 11.5 Å². The number of nitrogens with one attached hydrogen (secondary N) is 1. The van der Waals surface area contributed by atoms with Gasteiger partial charge in [-0.05, 0) is 43.5 Å². The van der Waals surface area contributed by atoms with Crippen LogP contribution in [0.25, 0.3) is 0 Å². The van der Waals surface area contributed by atoms with Crippen LogP contribution in [0.15, 0.2) is 60.7 Å². The lowest BCUT2D eigenvalue weighted by Crippen LogP contribution is -2.25. The molecule has 28 heavy (non-hydrogen) atoms. The molecule has 148 valence electrons. The van der Waals surface area contributed by atoms with Gasteiger partial charge in [-0.25, -0.2) is 4.79 Å². The van der Waals surface area contributed by atoms with Gasteiger partial charge in [0.1, 0.15) is 12.4 Å². The van der Waals surface area contributed by atoms with E-state index in [4.69, 9.17) is 14.2 Å². The highest BCUT2D eigenvalue weighted by Gasteiger charge is 2.18. The van der Waals surface area contributed by atoms with Crippen LogP contribution in [0.5, 0.6) is 17.2 Å². The van der Waals surface area contributed by atoms with Gasteiger partial charge in [0.2, 0.25) is 6.10 Å². The van der Waals surface area contributed by atoms with Crippen molar-refractivity contribution in [1.82, 2.24) is 5.32 Å². The molecule has 0 saturated heterocycles. The van der Waals surface area contributed by atoms with E-state index in [2.05, 4.69) is 5.32 Å². The SMILES string of the molecule is CNCCOc1cccc(C(=O)C=CC(Oc2ccccc2OC)C(=O)O)c1. The van der Waals surface area contributed by atoms with Crippen LogP contribution < -0.4 is 19.5 Å². The van der Waals surface area contributed by atoms with E-state index in [1.807, 2.05) is 7.05 Å². The first kappa shape index (κ1) is 21.0. The van der Waals surface area contributed by atoms with Crippen molar-refractivity contribution < 1.29 is 28.9 Å². The fourth-order valence-corrected chi connectivity index (χ4v) is 2.31. The molecule has 0 amide bonds. The number of carbonyl (C=O) groups excluding carboxylic acids is 1. The number of allylic oxidation sites excluding steroid dienone is 1. The molecule has 0 aliphatic rings. The Morgan fingerprint density at radius 3 is 2.57 bits per heavy atom. The third-order valence-corrected chi connectivity index (χ3v) is 3.73. The Morgan fingerprint density at radius 2 is 1.89 bits per heavy atom. The number of ketones is 1. The number of rotatable bonds is 11. The lowest BCUT2D eigenvalue weighted by atomic mass is 10.1. The minimum Gasteiger partial charge on any atom is -0.493 e. The molecule has 0 aliphatic heterocycles. The first-order valence-corrected chi connectivity index (χ1v) is 8.67. The lowest BCUT2D eigenvalue weighted by molar-refractivity contribution is -0.142. The maximum atomic E-state index is 12.4. The summed E-state index contributed by atoms with van der Waals surface area (Å²) < 4.78 is 16.2. The molecule has 7 nitrogen and oxygen atoms in total. The standard InChI is InChI=1S/C21H23NO6/c1-22-12-13-27-16-7-5-6-15(14-16)17(23)10-11-20(21(24)25)28-19-9-4-3-8-18(19)26-2/h3-11,14,20,22H,12-13H2,1-2H3,(H,24,25). The Morgan fingerprint density at radius 1 is 1.14 bits per heavy atom. The zero-order valence-corrected chi connectivity index (χ0v) is 15.8. The van der Waals surface area contributed by atoms with Crippen LogP contribution in [0.3, 0.4) is 0 Å². The predicted octanol–water partition coefficient (Wildman–Crippen LogP) is 2.56. The van der Waals surface area contributed by atoms with E-state index in [1.165, 1.54) is 19.3 Å². The lowest BCUT2D eigenvalue weighted by Gasteiger charge is -2.14. The monoisotopic (exact) mass is 385 g/mol. The third kappa shape index (κ3) is 6.14. The highest BCUT2D eigenvalue weighted by Crippen LogP contribution is 2.27. The van der Waals surface area contributed by atoms with Crippen LogP contribution in [-0.4, -0.2) is 50.3 Å². The first-order valence-electron chi connectivity index (χ1n) is 8.67. The highest BCUT2D eigenvalue weighted by molar-refractivity contribution is 6.05. The van der Waals surface area contributed by atoms with E-state index in [0.29, 0.717) is 30.2 Å². The van der Waals surface area contributed by atoms with Gasteiger partial charge in [-0.3, -0.25) is 4.79 Å². The minimum atomic E-state index is -1.34. The molecule has 0 spiro atoms.